The average molecular weight is 384 g/mol. The number of benzene rings is 2. The number of alkyl halides is 5. The third-order valence-electron chi connectivity index (χ3n) is 2.96. The van der Waals surface area contributed by atoms with Crippen molar-refractivity contribution in [2.45, 2.75) is 17.9 Å². The number of hydrogen-bond acceptors (Lipinski definition) is 5. The van der Waals surface area contributed by atoms with Crippen LogP contribution < -0.4 is 0 Å². The minimum Gasteiger partial charge on any atom is -0.276 e. The predicted octanol–water partition coefficient (Wildman–Crippen LogP) is 3.80. The molecule has 0 aliphatic heterocycles. The molecule has 5 nitrogen and oxygen atoms in total. The van der Waals surface area contributed by atoms with E-state index >= 15 is 0 Å². The summed E-state index contributed by atoms with van der Waals surface area (Å²) in [6.07, 6.45) is -8.45. The molecule has 2 rings (SSSR count). The molecule has 0 unspecified atom stereocenters. The first-order valence-corrected chi connectivity index (χ1v) is 7.90. The van der Waals surface area contributed by atoms with Crippen molar-refractivity contribution in [3.8, 4) is 0 Å². The molecule has 0 N–H and O–H groups in total. The summed E-state index contributed by atoms with van der Waals surface area (Å²) in [5.74, 6) is -1.46. The van der Waals surface area contributed by atoms with Crippen LogP contribution in [0.5, 0.6) is 0 Å². The molecule has 0 aliphatic rings. The van der Waals surface area contributed by atoms with E-state index in [-0.39, 0.29) is 5.56 Å². The van der Waals surface area contributed by atoms with Crippen molar-refractivity contribution >= 4 is 26.9 Å². The molecular weight excluding hydrogens is 375 g/mol. The Hall–Kier alpha value is -2.27. The Morgan fingerprint density at radius 3 is 2.16 bits per heavy atom. The Bertz CT molecular complexity index is 892. The minimum atomic E-state index is -6.13. The normalized spacial score (nSPS) is 13.0. The van der Waals surface area contributed by atoms with Crippen molar-refractivity contribution in [1.82, 2.24) is 0 Å². The van der Waals surface area contributed by atoms with Gasteiger partial charge in [0.15, 0.2) is 0 Å². The molecule has 0 fully saturated rings. The zero-order chi connectivity index (χ0) is 18.9. The molecule has 2 aromatic rings. The summed E-state index contributed by atoms with van der Waals surface area (Å²) in [4.78, 5) is 15.4. The van der Waals surface area contributed by atoms with Crippen LogP contribution in [0.3, 0.4) is 0 Å². The lowest BCUT2D eigenvalue weighted by Gasteiger charge is -2.16. The monoisotopic (exact) mass is 384 g/mol. The van der Waals surface area contributed by atoms with Gasteiger partial charge in [-0.15, -0.1) is 0 Å². The van der Waals surface area contributed by atoms with Gasteiger partial charge in [-0.05, 0) is 27.2 Å². The second-order valence-electron chi connectivity index (χ2n) is 4.88. The lowest BCUT2D eigenvalue weighted by Crippen LogP contribution is -2.36. The van der Waals surface area contributed by atoms with Crippen LogP contribution in [0.1, 0.15) is 16.8 Å². The highest BCUT2D eigenvalue weighted by molar-refractivity contribution is 7.87. The van der Waals surface area contributed by atoms with Crippen LogP contribution in [0, 0.1) is 0 Å². The van der Waals surface area contributed by atoms with Crippen LogP contribution >= 0.6 is 0 Å². The van der Waals surface area contributed by atoms with E-state index in [0.29, 0.717) is 5.39 Å². The second kappa shape index (κ2) is 6.56. The molecule has 0 amide bonds. The summed E-state index contributed by atoms with van der Waals surface area (Å²) in [6.45, 7) is 0. The Morgan fingerprint density at radius 1 is 0.960 bits per heavy atom. The maximum atomic E-state index is 13.1. The Morgan fingerprint density at radius 2 is 1.56 bits per heavy atom. The van der Waals surface area contributed by atoms with E-state index in [9.17, 15) is 35.2 Å². The molecule has 0 bridgehead atoms. The van der Waals surface area contributed by atoms with Gasteiger partial charge in [0.25, 0.3) is 0 Å². The van der Waals surface area contributed by atoms with Gasteiger partial charge in [0.2, 0.25) is 0 Å². The first-order valence-electron chi connectivity index (χ1n) is 6.50. The van der Waals surface area contributed by atoms with Gasteiger partial charge in [-0.2, -0.15) is 30.4 Å². The zero-order valence-corrected chi connectivity index (χ0v) is 12.9. The van der Waals surface area contributed by atoms with Crippen LogP contribution in [-0.4, -0.2) is 25.8 Å². The molecule has 0 spiro atoms. The summed E-state index contributed by atoms with van der Waals surface area (Å²) in [7, 11) is -6.13. The molecule has 136 valence electrons. The lowest BCUT2D eigenvalue weighted by atomic mass is 10.1. The van der Waals surface area contributed by atoms with Crippen LogP contribution in [0.15, 0.2) is 42.5 Å². The summed E-state index contributed by atoms with van der Waals surface area (Å²) in [5, 5.41) is -4.03. The van der Waals surface area contributed by atoms with Gasteiger partial charge in [-0.25, -0.2) is 4.79 Å². The van der Waals surface area contributed by atoms with E-state index < -0.39 is 33.9 Å². The van der Waals surface area contributed by atoms with Crippen LogP contribution in [-0.2, 0) is 19.3 Å². The SMILES string of the molecule is O=C(OOS(=O)(=O)C(F)(F)CC(F)(F)F)c1ccc2ccccc2c1. The van der Waals surface area contributed by atoms with Crippen molar-refractivity contribution in [2.75, 3.05) is 0 Å². The highest BCUT2D eigenvalue weighted by atomic mass is 32.2. The standard InChI is InChI=1S/C14H9F5O5S/c15-13(16,17)8-14(18,19)25(21,22)24-23-12(20)11-6-5-9-3-1-2-4-10(9)7-11/h1-7H,8H2. The Kier molecular flexibility index (Phi) is 5.00. The van der Waals surface area contributed by atoms with Gasteiger partial charge >= 0.3 is 27.5 Å². The maximum Gasteiger partial charge on any atom is 0.396 e. The van der Waals surface area contributed by atoms with Crippen molar-refractivity contribution < 1.29 is 44.4 Å². The second-order valence-corrected chi connectivity index (χ2v) is 6.53. The van der Waals surface area contributed by atoms with E-state index in [1.54, 1.807) is 24.3 Å². The van der Waals surface area contributed by atoms with Gasteiger partial charge in [0.05, 0.1) is 5.56 Å². The number of hydrogen-bond donors (Lipinski definition) is 0. The third kappa shape index (κ3) is 4.63. The summed E-state index contributed by atoms with van der Waals surface area (Å²) in [5.41, 5.74) is -0.243. The van der Waals surface area contributed by atoms with E-state index in [0.717, 1.165) is 5.39 Å². The molecule has 0 aliphatic carbocycles. The van der Waals surface area contributed by atoms with Crippen LogP contribution in [0.2, 0.25) is 0 Å². The lowest BCUT2D eigenvalue weighted by molar-refractivity contribution is -0.182. The largest absolute Gasteiger partial charge is 0.396 e. The van der Waals surface area contributed by atoms with E-state index in [1.807, 2.05) is 0 Å². The van der Waals surface area contributed by atoms with Crippen LogP contribution in [0.4, 0.5) is 22.0 Å². The quantitative estimate of drug-likeness (QED) is 0.446. The smallest absolute Gasteiger partial charge is 0.276 e. The molecule has 0 saturated heterocycles. The predicted molar refractivity (Wildman–Crippen MR) is 75.0 cm³/mol. The van der Waals surface area contributed by atoms with Gasteiger partial charge in [-0.3, -0.25) is 4.89 Å². The van der Waals surface area contributed by atoms with Crippen LogP contribution in [0.25, 0.3) is 10.8 Å². The van der Waals surface area contributed by atoms with Crippen molar-refractivity contribution in [2.24, 2.45) is 0 Å². The van der Waals surface area contributed by atoms with E-state index in [4.69, 9.17) is 0 Å². The van der Waals surface area contributed by atoms with Gasteiger partial charge in [-0.1, -0.05) is 30.3 Å². The molecule has 0 aromatic heterocycles. The fraction of sp³-hybridized carbons (Fsp3) is 0.214. The highest BCUT2D eigenvalue weighted by Gasteiger charge is 2.55. The minimum absolute atomic E-state index is 0.243. The molecule has 0 heterocycles. The number of rotatable bonds is 5. The first-order chi connectivity index (χ1) is 11.4. The molecule has 2 aromatic carbocycles. The molecule has 11 heteroatoms. The van der Waals surface area contributed by atoms with Gasteiger partial charge in [0, 0.05) is 0 Å². The van der Waals surface area contributed by atoms with Crippen molar-refractivity contribution in [3.63, 3.8) is 0 Å². The summed E-state index contributed by atoms with van der Waals surface area (Å²) in [6, 6.07) is 10.6. The number of carbonyl (C=O) groups is 1. The topological polar surface area (TPSA) is 69.7 Å². The fourth-order valence-electron chi connectivity index (χ4n) is 1.81. The number of fused-ring (bicyclic) bond motifs is 1. The molecule has 25 heavy (non-hydrogen) atoms. The molecular formula is C14H9F5O5S. The average Bonchev–Trinajstić information content (AvgIpc) is 2.49. The Balaban J connectivity index is 2.12. The summed E-state index contributed by atoms with van der Waals surface area (Å²) < 4.78 is 87.8. The molecule has 0 saturated carbocycles. The number of carbonyl (C=O) groups excluding carboxylic acids is 1. The summed E-state index contributed by atoms with van der Waals surface area (Å²) >= 11 is 0. The molecule has 0 atom stereocenters. The van der Waals surface area contributed by atoms with Crippen molar-refractivity contribution in [3.05, 3.63) is 48.0 Å². The van der Waals surface area contributed by atoms with Crippen molar-refractivity contribution in [1.29, 1.82) is 0 Å². The fourth-order valence-corrected chi connectivity index (χ4v) is 2.40. The van der Waals surface area contributed by atoms with E-state index in [2.05, 4.69) is 9.22 Å². The Labute approximate surface area is 138 Å². The maximum absolute atomic E-state index is 13.1. The molecule has 0 radical (unpaired) electrons. The van der Waals surface area contributed by atoms with Gasteiger partial charge in [0.1, 0.15) is 6.42 Å². The zero-order valence-electron chi connectivity index (χ0n) is 12.1. The number of halogens is 5. The van der Waals surface area contributed by atoms with E-state index in [1.165, 1.54) is 18.2 Å². The highest BCUT2D eigenvalue weighted by Crippen LogP contribution is 2.36. The first kappa shape index (κ1) is 19.1. The van der Waals surface area contributed by atoms with Gasteiger partial charge < -0.3 is 0 Å². The third-order valence-corrected chi connectivity index (χ3v) is 4.08.